The molecule has 134 valence electrons. The van der Waals surface area contributed by atoms with Gasteiger partial charge in [-0.05, 0) is 25.0 Å². The Kier molecular flexibility index (Phi) is 4.51. The van der Waals surface area contributed by atoms with Gasteiger partial charge in [0, 0.05) is 31.2 Å². The Labute approximate surface area is 145 Å². The van der Waals surface area contributed by atoms with Gasteiger partial charge in [-0.25, -0.2) is 13.4 Å². The van der Waals surface area contributed by atoms with Crippen molar-refractivity contribution in [1.29, 1.82) is 0 Å². The largest absolute Gasteiger partial charge is 0.369 e. The third-order valence-corrected chi connectivity index (χ3v) is 6.17. The zero-order valence-electron chi connectivity index (χ0n) is 13.9. The van der Waals surface area contributed by atoms with Gasteiger partial charge in [-0.3, -0.25) is 9.59 Å². The molecule has 0 atom stereocenters. The van der Waals surface area contributed by atoms with Gasteiger partial charge in [0.05, 0.1) is 11.7 Å². The van der Waals surface area contributed by atoms with Crippen LogP contribution < -0.4 is 5.73 Å². The zero-order chi connectivity index (χ0) is 18.2. The fourth-order valence-corrected chi connectivity index (χ4v) is 4.21. The Morgan fingerprint density at radius 1 is 1.28 bits per heavy atom. The molecule has 2 N–H and O–H groups in total. The topological polar surface area (TPSA) is 115 Å². The van der Waals surface area contributed by atoms with E-state index in [1.54, 1.807) is 33.7 Å². The number of likely N-dealkylation sites (tertiary alicyclic amines) is 1. The molecular weight excluding hydrogens is 344 g/mol. The molecule has 0 saturated carbocycles. The van der Waals surface area contributed by atoms with Crippen molar-refractivity contribution >= 4 is 27.3 Å². The Morgan fingerprint density at radius 2 is 1.96 bits per heavy atom. The van der Waals surface area contributed by atoms with E-state index in [1.807, 2.05) is 0 Å². The molecule has 0 radical (unpaired) electrons. The number of carbonyl (C=O) groups is 2. The van der Waals surface area contributed by atoms with Gasteiger partial charge in [0.1, 0.15) is 21.2 Å². The molecule has 1 aliphatic rings. The molecule has 3 heterocycles. The van der Waals surface area contributed by atoms with Crippen LogP contribution in [0.4, 0.5) is 0 Å². The summed E-state index contributed by atoms with van der Waals surface area (Å²) in [6.07, 6.45) is 3.76. The smallest absolute Gasteiger partial charge is 0.274 e. The molecule has 1 saturated heterocycles. The number of piperidine rings is 1. The number of carbonyl (C=O) groups excluding carboxylic acids is 2. The quantitative estimate of drug-likeness (QED) is 0.821. The average Bonchev–Trinajstić information content (AvgIpc) is 2.98. The highest BCUT2D eigenvalue weighted by atomic mass is 32.2. The van der Waals surface area contributed by atoms with Crippen molar-refractivity contribution in [2.45, 2.75) is 24.5 Å². The summed E-state index contributed by atoms with van der Waals surface area (Å²) in [6, 6.07) is 5.26. The van der Waals surface area contributed by atoms with Gasteiger partial charge >= 0.3 is 0 Å². The Balaban J connectivity index is 1.80. The van der Waals surface area contributed by atoms with Gasteiger partial charge in [-0.2, -0.15) is 0 Å². The SMILES string of the molecule is CS(=O)(=O)C1CCN(C(=O)c2cn3c(CC(N)=O)cccc3n2)CC1. The van der Waals surface area contributed by atoms with Crippen molar-refractivity contribution in [2.75, 3.05) is 19.3 Å². The molecule has 2 aromatic rings. The summed E-state index contributed by atoms with van der Waals surface area (Å²) >= 11 is 0. The lowest BCUT2D eigenvalue weighted by atomic mass is 10.1. The van der Waals surface area contributed by atoms with Crippen LogP contribution in [-0.4, -0.2) is 59.1 Å². The standard InChI is InChI=1S/C16H20N4O4S/c1-25(23,24)12-5-7-19(8-6-12)16(22)13-10-20-11(9-14(17)21)3-2-4-15(20)18-13/h2-4,10,12H,5-9H2,1H3,(H2,17,21). The number of aromatic nitrogens is 2. The molecule has 8 nitrogen and oxygen atoms in total. The molecule has 9 heteroatoms. The van der Waals surface area contributed by atoms with Gasteiger partial charge in [0.2, 0.25) is 5.91 Å². The van der Waals surface area contributed by atoms with Gasteiger partial charge in [-0.15, -0.1) is 0 Å². The predicted molar refractivity (Wildman–Crippen MR) is 91.9 cm³/mol. The normalized spacial score (nSPS) is 16.3. The first-order chi connectivity index (χ1) is 11.8. The number of hydrogen-bond donors (Lipinski definition) is 1. The van der Waals surface area contributed by atoms with E-state index in [0.717, 1.165) is 0 Å². The van der Waals surface area contributed by atoms with Crippen molar-refractivity contribution < 1.29 is 18.0 Å². The molecule has 25 heavy (non-hydrogen) atoms. The van der Waals surface area contributed by atoms with Crippen LogP contribution in [0, 0.1) is 0 Å². The van der Waals surface area contributed by atoms with Crippen LogP contribution in [0.15, 0.2) is 24.4 Å². The summed E-state index contributed by atoms with van der Waals surface area (Å²) in [7, 11) is -3.08. The summed E-state index contributed by atoms with van der Waals surface area (Å²) in [5.74, 6) is -0.697. The first-order valence-electron chi connectivity index (χ1n) is 7.99. The van der Waals surface area contributed by atoms with Gasteiger partial charge < -0.3 is 15.0 Å². The Morgan fingerprint density at radius 3 is 2.56 bits per heavy atom. The number of nitrogens with zero attached hydrogens (tertiary/aromatic N) is 3. The lowest BCUT2D eigenvalue weighted by molar-refractivity contribution is -0.117. The maximum Gasteiger partial charge on any atom is 0.274 e. The number of imidazole rings is 1. The van der Waals surface area contributed by atoms with Crippen molar-refractivity contribution in [2.24, 2.45) is 5.73 Å². The number of fused-ring (bicyclic) bond motifs is 1. The number of primary amides is 1. The maximum absolute atomic E-state index is 12.7. The minimum absolute atomic E-state index is 0.0566. The fourth-order valence-electron chi connectivity index (χ4n) is 3.14. The van der Waals surface area contributed by atoms with Crippen LogP contribution in [-0.2, 0) is 21.1 Å². The van der Waals surface area contributed by atoms with Crippen LogP contribution in [0.2, 0.25) is 0 Å². The van der Waals surface area contributed by atoms with Crippen molar-refractivity contribution in [3.05, 3.63) is 35.8 Å². The van der Waals surface area contributed by atoms with Crippen molar-refractivity contribution in [3.63, 3.8) is 0 Å². The van der Waals surface area contributed by atoms with Crippen LogP contribution in [0.1, 0.15) is 29.0 Å². The van der Waals surface area contributed by atoms with E-state index in [0.29, 0.717) is 37.3 Å². The molecule has 2 amide bonds. The molecule has 0 aromatic carbocycles. The Bertz CT molecular complexity index is 927. The second kappa shape index (κ2) is 6.47. The summed E-state index contributed by atoms with van der Waals surface area (Å²) in [6.45, 7) is 0.775. The zero-order valence-corrected chi connectivity index (χ0v) is 14.7. The predicted octanol–water partition coefficient (Wildman–Crippen LogP) is 0.0113. The molecule has 3 rings (SSSR count). The molecule has 1 fully saturated rings. The third-order valence-electron chi connectivity index (χ3n) is 4.49. The number of rotatable bonds is 4. The van der Waals surface area contributed by atoms with E-state index in [1.165, 1.54) is 6.26 Å². The number of sulfone groups is 1. The summed E-state index contributed by atoms with van der Waals surface area (Å²) in [4.78, 5) is 29.8. The minimum Gasteiger partial charge on any atom is -0.369 e. The van der Waals surface area contributed by atoms with E-state index in [9.17, 15) is 18.0 Å². The summed E-state index contributed by atoms with van der Waals surface area (Å²) in [5, 5.41) is -0.389. The number of nitrogens with two attached hydrogens (primary N) is 1. The third kappa shape index (κ3) is 3.65. The molecule has 0 spiro atoms. The maximum atomic E-state index is 12.7. The van der Waals surface area contributed by atoms with Crippen LogP contribution in [0.25, 0.3) is 5.65 Å². The van der Waals surface area contributed by atoms with Crippen LogP contribution in [0.5, 0.6) is 0 Å². The lowest BCUT2D eigenvalue weighted by Gasteiger charge is -2.30. The second-order valence-electron chi connectivity index (χ2n) is 6.34. The van der Waals surface area contributed by atoms with Crippen LogP contribution >= 0.6 is 0 Å². The first-order valence-corrected chi connectivity index (χ1v) is 9.94. The molecule has 2 aromatic heterocycles. The van der Waals surface area contributed by atoms with Crippen molar-refractivity contribution in [3.8, 4) is 0 Å². The van der Waals surface area contributed by atoms with Crippen molar-refractivity contribution in [1.82, 2.24) is 14.3 Å². The van der Waals surface area contributed by atoms with E-state index in [4.69, 9.17) is 5.73 Å². The fraction of sp³-hybridized carbons (Fsp3) is 0.438. The average molecular weight is 364 g/mol. The minimum atomic E-state index is -3.08. The van der Waals surface area contributed by atoms with Crippen LogP contribution in [0.3, 0.4) is 0 Å². The number of pyridine rings is 1. The van der Waals surface area contributed by atoms with E-state index in [2.05, 4.69) is 4.98 Å². The summed E-state index contributed by atoms with van der Waals surface area (Å²) < 4.78 is 24.9. The molecule has 0 bridgehead atoms. The molecule has 0 unspecified atom stereocenters. The van der Waals surface area contributed by atoms with Gasteiger partial charge in [0.15, 0.2) is 0 Å². The molecule has 0 aliphatic carbocycles. The number of hydrogen-bond acceptors (Lipinski definition) is 5. The summed E-state index contributed by atoms with van der Waals surface area (Å²) in [5.41, 5.74) is 6.75. The van der Waals surface area contributed by atoms with E-state index < -0.39 is 15.7 Å². The molecule has 1 aliphatic heterocycles. The Hall–Kier alpha value is -2.42. The highest BCUT2D eigenvalue weighted by Gasteiger charge is 2.30. The van der Waals surface area contributed by atoms with Gasteiger partial charge in [-0.1, -0.05) is 6.07 Å². The lowest BCUT2D eigenvalue weighted by Crippen LogP contribution is -2.42. The highest BCUT2D eigenvalue weighted by Crippen LogP contribution is 2.19. The first kappa shape index (κ1) is 17.4. The monoisotopic (exact) mass is 364 g/mol. The van der Waals surface area contributed by atoms with Gasteiger partial charge in [0.25, 0.3) is 5.91 Å². The molecular formula is C16H20N4O4S. The second-order valence-corrected chi connectivity index (χ2v) is 8.66. The number of amides is 2. The highest BCUT2D eigenvalue weighted by molar-refractivity contribution is 7.91. The van der Waals surface area contributed by atoms with E-state index in [-0.39, 0.29) is 23.3 Å². The van der Waals surface area contributed by atoms with E-state index >= 15 is 0 Å².